The normalized spacial score (nSPS) is 19.3. The summed E-state index contributed by atoms with van der Waals surface area (Å²) in [6, 6.07) is 17.0. The van der Waals surface area contributed by atoms with Crippen LogP contribution in [0.2, 0.25) is 0 Å². The van der Waals surface area contributed by atoms with Gasteiger partial charge in [0.25, 0.3) is 0 Å². The third-order valence-corrected chi connectivity index (χ3v) is 5.76. The van der Waals surface area contributed by atoms with Crippen molar-refractivity contribution in [2.24, 2.45) is 0 Å². The summed E-state index contributed by atoms with van der Waals surface area (Å²) >= 11 is 5.79. The van der Waals surface area contributed by atoms with Crippen molar-refractivity contribution in [1.82, 2.24) is 15.3 Å². The number of H-pyrrole nitrogens is 1. The lowest BCUT2D eigenvalue weighted by atomic mass is 9.96. The monoisotopic (exact) mass is 390 g/mol. The van der Waals surface area contributed by atoms with E-state index in [1.54, 1.807) is 0 Å². The fraction of sp³-hybridized carbons (Fsp3) is 0.304. The Morgan fingerprint density at radius 3 is 2.39 bits per heavy atom. The van der Waals surface area contributed by atoms with Gasteiger partial charge in [0.05, 0.1) is 17.8 Å². The van der Waals surface area contributed by atoms with Crippen molar-refractivity contribution in [2.75, 3.05) is 4.90 Å². The van der Waals surface area contributed by atoms with Gasteiger partial charge < -0.3 is 15.2 Å². The highest BCUT2D eigenvalue weighted by Crippen LogP contribution is 2.42. The second-order valence-electron chi connectivity index (χ2n) is 7.78. The quantitative estimate of drug-likeness (QED) is 0.591. The summed E-state index contributed by atoms with van der Waals surface area (Å²) in [6.07, 6.45) is 1.84. The summed E-state index contributed by atoms with van der Waals surface area (Å²) in [6.45, 7) is 8.64. The van der Waals surface area contributed by atoms with E-state index in [0.717, 1.165) is 22.2 Å². The van der Waals surface area contributed by atoms with Gasteiger partial charge in [0.2, 0.25) is 0 Å². The minimum Gasteiger partial charge on any atom is -0.362 e. The molecule has 0 spiro atoms. The molecule has 1 aliphatic heterocycles. The topological polar surface area (TPSA) is 44.0 Å². The van der Waals surface area contributed by atoms with E-state index >= 15 is 0 Å². The zero-order chi connectivity index (χ0) is 19.8. The Labute approximate surface area is 172 Å². The predicted molar refractivity (Wildman–Crippen MR) is 119 cm³/mol. The number of nitrogens with one attached hydrogen (secondary N) is 2. The molecule has 3 heterocycles. The number of thiocarbonyl (C=S) groups is 1. The van der Waals surface area contributed by atoms with Gasteiger partial charge in [-0.25, -0.2) is 0 Å². The minimum atomic E-state index is -0.00706. The number of benzene rings is 1. The first-order valence-corrected chi connectivity index (χ1v) is 10.1. The van der Waals surface area contributed by atoms with Crippen molar-refractivity contribution < 1.29 is 0 Å². The van der Waals surface area contributed by atoms with Gasteiger partial charge in [-0.05, 0) is 73.4 Å². The van der Waals surface area contributed by atoms with Crippen LogP contribution in [-0.2, 0) is 0 Å². The van der Waals surface area contributed by atoms with Gasteiger partial charge in [-0.2, -0.15) is 0 Å². The van der Waals surface area contributed by atoms with E-state index in [4.69, 9.17) is 12.2 Å². The lowest BCUT2D eigenvalue weighted by Gasteiger charge is -2.28. The van der Waals surface area contributed by atoms with E-state index < -0.39 is 0 Å². The van der Waals surface area contributed by atoms with E-state index in [1.165, 1.54) is 16.8 Å². The summed E-state index contributed by atoms with van der Waals surface area (Å²) in [7, 11) is 0. The Morgan fingerprint density at radius 1 is 1.07 bits per heavy atom. The standard InChI is InChI=1S/C23H26N4S/c1-14(2)17-8-10-18(11-9-17)27-22(19-13-15(3)25-16(19)4)21(26-23(27)28)20-7-5-6-12-24-20/h5-14,21-22,25H,1-4H3,(H,26,28)/t21-,22+/m1/s1. The van der Waals surface area contributed by atoms with Crippen LogP contribution in [0.1, 0.15) is 60.1 Å². The van der Waals surface area contributed by atoms with E-state index in [-0.39, 0.29) is 12.1 Å². The number of rotatable bonds is 4. The molecule has 0 amide bonds. The zero-order valence-corrected chi connectivity index (χ0v) is 17.5. The van der Waals surface area contributed by atoms with Crippen LogP contribution >= 0.6 is 12.2 Å². The molecule has 1 aliphatic rings. The highest BCUT2D eigenvalue weighted by Gasteiger charge is 2.41. The predicted octanol–water partition coefficient (Wildman–Crippen LogP) is 5.33. The third kappa shape index (κ3) is 3.31. The van der Waals surface area contributed by atoms with Crippen molar-refractivity contribution in [2.45, 2.75) is 45.7 Å². The fourth-order valence-electron chi connectivity index (χ4n) is 4.02. The number of aromatic nitrogens is 2. The first kappa shape index (κ1) is 18.7. The molecule has 2 N–H and O–H groups in total. The summed E-state index contributed by atoms with van der Waals surface area (Å²) in [5.74, 6) is 0.504. The molecule has 0 aliphatic carbocycles. The maximum absolute atomic E-state index is 5.79. The maximum atomic E-state index is 5.79. The van der Waals surface area contributed by atoms with Gasteiger partial charge >= 0.3 is 0 Å². The fourth-order valence-corrected chi connectivity index (χ4v) is 4.37. The van der Waals surface area contributed by atoms with Crippen LogP contribution in [0.3, 0.4) is 0 Å². The SMILES string of the molecule is Cc1cc([C@H]2[C@@H](c3ccccn3)NC(=S)N2c2ccc(C(C)C)cc2)c(C)[nH]1. The van der Waals surface area contributed by atoms with Crippen LogP contribution in [0.15, 0.2) is 54.7 Å². The number of hydrogen-bond donors (Lipinski definition) is 2. The lowest BCUT2D eigenvalue weighted by Crippen LogP contribution is -2.29. The van der Waals surface area contributed by atoms with E-state index in [2.05, 4.69) is 84.3 Å². The Kier molecular flexibility index (Phi) is 4.94. The molecule has 1 saturated heterocycles. The van der Waals surface area contributed by atoms with E-state index in [1.807, 2.05) is 18.3 Å². The Bertz CT molecular complexity index is 976. The molecule has 4 nitrogen and oxygen atoms in total. The van der Waals surface area contributed by atoms with Crippen LogP contribution in [0.4, 0.5) is 5.69 Å². The highest BCUT2D eigenvalue weighted by atomic mass is 32.1. The average molecular weight is 391 g/mol. The highest BCUT2D eigenvalue weighted by molar-refractivity contribution is 7.80. The zero-order valence-electron chi connectivity index (χ0n) is 16.7. The number of aryl methyl sites for hydroxylation is 2. The molecule has 0 unspecified atom stereocenters. The van der Waals surface area contributed by atoms with Crippen LogP contribution in [0, 0.1) is 13.8 Å². The Morgan fingerprint density at radius 2 is 1.82 bits per heavy atom. The van der Waals surface area contributed by atoms with Crippen molar-refractivity contribution in [1.29, 1.82) is 0 Å². The number of nitrogens with zero attached hydrogens (tertiary/aromatic N) is 2. The second-order valence-corrected chi connectivity index (χ2v) is 8.16. The van der Waals surface area contributed by atoms with Gasteiger partial charge in [-0.3, -0.25) is 4.98 Å². The van der Waals surface area contributed by atoms with Gasteiger partial charge in [0, 0.05) is 23.3 Å². The first-order chi connectivity index (χ1) is 13.5. The lowest BCUT2D eigenvalue weighted by molar-refractivity contribution is 0.566. The van der Waals surface area contributed by atoms with Crippen molar-refractivity contribution >= 4 is 23.0 Å². The van der Waals surface area contributed by atoms with E-state index in [9.17, 15) is 0 Å². The molecule has 2 atom stereocenters. The third-order valence-electron chi connectivity index (χ3n) is 5.44. The molecule has 144 valence electrons. The van der Waals surface area contributed by atoms with Crippen LogP contribution in [-0.4, -0.2) is 15.1 Å². The van der Waals surface area contributed by atoms with Crippen molar-refractivity contribution in [3.8, 4) is 0 Å². The minimum absolute atomic E-state index is 0.00706. The molecule has 2 aromatic heterocycles. The second kappa shape index (κ2) is 7.40. The molecule has 5 heteroatoms. The largest absolute Gasteiger partial charge is 0.362 e. The molecule has 0 bridgehead atoms. The van der Waals surface area contributed by atoms with Gasteiger partial charge in [0.1, 0.15) is 0 Å². The van der Waals surface area contributed by atoms with Gasteiger partial charge in [0.15, 0.2) is 5.11 Å². The Balaban J connectivity index is 1.81. The maximum Gasteiger partial charge on any atom is 0.174 e. The van der Waals surface area contributed by atoms with Gasteiger partial charge in [-0.1, -0.05) is 32.0 Å². The molecule has 0 saturated carbocycles. The van der Waals surface area contributed by atoms with Crippen LogP contribution in [0.25, 0.3) is 0 Å². The van der Waals surface area contributed by atoms with Crippen molar-refractivity contribution in [3.05, 3.63) is 82.9 Å². The summed E-state index contributed by atoms with van der Waals surface area (Å²) in [4.78, 5) is 10.3. The van der Waals surface area contributed by atoms with Crippen molar-refractivity contribution in [3.63, 3.8) is 0 Å². The molecule has 1 fully saturated rings. The molecular weight excluding hydrogens is 364 g/mol. The number of aromatic amines is 1. The average Bonchev–Trinajstić information content (AvgIpc) is 3.20. The molecule has 3 aromatic rings. The number of hydrogen-bond acceptors (Lipinski definition) is 2. The molecule has 1 aromatic carbocycles. The summed E-state index contributed by atoms with van der Waals surface area (Å²) in [5.41, 5.74) is 6.98. The van der Waals surface area contributed by atoms with Crippen LogP contribution in [0.5, 0.6) is 0 Å². The number of anilines is 1. The molecule has 4 rings (SSSR count). The molecular formula is C23H26N4S. The number of pyridine rings is 1. The summed E-state index contributed by atoms with van der Waals surface area (Å²) < 4.78 is 0. The van der Waals surface area contributed by atoms with E-state index in [0.29, 0.717) is 5.92 Å². The smallest absolute Gasteiger partial charge is 0.174 e. The molecule has 0 radical (unpaired) electrons. The van der Waals surface area contributed by atoms with Crippen LogP contribution < -0.4 is 10.2 Å². The molecule has 28 heavy (non-hydrogen) atoms. The Hall–Kier alpha value is -2.66. The summed E-state index contributed by atoms with van der Waals surface area (Å²) in [5, 5.41) is 4.25. The van der Waals surface area contributed by atoms with Gasteiger partial charge in [-0.15, -0.1) is 0 Å². The first-order valence-electron chi connectivity index (χ1n) is 9.72.